The summed E-state index contributed by atoms with van der Waals surface area (Å²) in [7, 11) is 0. The summed E-state index contributed by atoms with van der Waals surface area (Å²) in [5.74, 6) is 0.962. The minimum Gasteiger partial charge on any atom is -0.492 e. The summed E-state index contributed by atoms with van der Waals surface area (Å²) in [5.41, 5.74) is 0. The van der Waals surface area contributed by atoms with Crippen LogP contribution in [0.1, 0.15) is 0 Å². The van der Waals surface area contributed by atoms with E-state index < -0.39 is 0 Å². The van der Waals surface area contributed by atoms with Gasteiger partial charge in [-0.2, -0.15) is 0 Å². The van der Waals surface area contributed by atoms with E-state index in [1.54, 1.807) is 0 Å². The molecular weight excluding hydrogens is 378 g/mol. The van der Waals surface area contributed by atoms with E-state index in [2.05, 4.69) is 45.2 Å². The fraction of sp³-hybridized carbons (Fsp3) is 0.333. The normalized spacial score (nSPS) is 12.5. The van der Waals surface area contributed by atoms with Crippen LogP contribution < -0.4 is 4.74 Å². The van der Waals surface area contributed by atoms with Gasteiger partial charge in [0.15, 0.2) is 0 Å². The zero-order valence-electron chi connectivity index (χ0n) is 6.54. The molecule has 1 unspecified atom stereocenters. The molecule has 0 amide bonds. The Balaban J connectivity index is 2.33. The Morgan fingerprint density at radius 2 is 1.92 bits per heavy atom. The fourth-order valence-electron chi connectivity index (χ4n) is 0.748. The average molecular weight is 388 g/mol. The topological polar surface area (TPSA) is 9.23 Å². The van der Waals surface area contributed by atoms with E-state index in [0.29, 0.717) is 3.92 Å². The summed E-state index contributed by atoms with van der Waals surface area (Å²) < 4.78 is 7.28. The van der Waals surface area contributed by atoms with Gasteiger partial charge in [-0.1, -0.05) is 63.4 Å². The molecule has 0 N–H and O–H groups in total. The lowest BCUT2D eigenvalue weighted by atomic mass is 10.3. The number of benzene rings is 1. The monoisotopic (exact) mass is 388 g/mol. The summed E-state index contributed by atoms with van der Waals surface area (Å²) in [4.78, 5) is 0. The van der Waals surface area contributed by atoms with Gasteiger partial charge in [-0.15, -0.1) is 0 Å². The highest BCUT2D eigenvalue weighted by Gasteiger charge is 2.01. The van der Waals surface area contributed by atoms with Gasteiger partial charge in [-0.05, 0) is 12.1 Å². The Morgan fingerprint density at radius 1 is 1.25 bits per heavy atom. The first-order chi connectivity index (χ1) is 5.83. The Labute approximate surface area is 100 Å². The lowest BCUT2D eigenvalue weighted by molar-refractivity contribution is 0.328. The van der Waals surface area contributed by atoms with Crippen LogP contribution >= 0.6 is 45.2 Å². The molecule has 0 spiro atoms. The third-order valence-electron chi connectivity index (χ3n) is 1.34. The fourth-order valence-corrected chi connectivity index (χ4v) is 1.18. The van der Waals surface area contributed by atoms with E-state index in [9.17, 15) is 0 Å². The van der Waals surface area contributed by atoms with Crippen LogP contribution in [0.5, 0.6) is 5.75 Å². The number of rotatable bonds is 4. The molecule has 0 fully saturated rings. The van der Waals surface area contributed by atoms with Gasteiger partial charge in [0, 0.05) is 4.43 Å². The molecule has 0 aliphatic heterocycles. The predicted molar refractivity (Wildman–Crippen MR) is 68.6 cm³/mol. The average Bonchev–Trinajstić information content (AvgIpc) is 2.16. The molecule has 0 aliphatic carbocycles. The van der Waals surface area contributed by atoms with Crippen molar-refractivity contribution in [2.75, 3.05) is 11.0 Å². The van der Waals surface area contributed by atoms with E-state index in [-0.39, 0.29) is 0 Å². The molecule has 0 bridgehead atoms. The van der Waals surface area contributed by atoms with Crippen molar-refractivity contribution in [3.63, 3.8) is 0 Å². The number of halogens is 2. The predicted octanol–water partition coefficient (Wildman–Crippen LogP) is 3.30. The van der Waals surface area contributed by atoms with Crippen molar-refractivity contribution in [2.45, 2.75) is 3.92 Å². The highest BCUT2D eigenvalue weighted by molar-refractivity contribution is 14.1. The second kappa shape index (κ2) is 6.01. The molecule has 1 aromatic rings. The van der Waals surface area contributed by atoms with Crippen LogP contribution in [0.2, 0.25) is 0 Å². The molecule has 1 rings (SSSR count). The largest absolute Gasteiger partial charge is 0.492 e. The highest BCUT2D eigenvalue weighted by Crippen LogP contribution is 2.11. The van der Waals surface area contributed by atoms with Crippen LogP contribution in [0.25, 0.3) is 0 Å². The van der Waals surface area contributed by atoms with Gasteiger partial charge in [0.05, 0.1) is 3.92 Å². The molecule has 66 valence electrons. The van der Waals surface area contributed by atoms with Gasteiger partial charge in [-0.25, -0.2) is 0 Å². The van der Waals surface area contributed by atoms with Gasteiger partial charge >= 0.3 is 0 Å². The summed E-state index contributed by atoms with van der Waals surface area (Å²) in [6, 6.07) is 9.93. The molecule has 1 nitrogen and oxygen atoms in total. The smallest absolute Gasteiger partial charge is 0.119 e. The van der Waals surface area contributed by atoms with Crippen molar-refractivity contribution < 1.29 is 4.74 Å². The first-order valence-electron chi connectivity index (χ1n) is 3.71. The highest BCUT2D eigenvalue weighted by atomic mass is 127. The molecule has 0 aliphatic rings. The van der Waals surface area contributed by atoms with Crippen molar-refractivity contribution in [2.24, 2.45) is 0 Å². The van der Waals surface area contributed by atoms with Gasteiger partial charge in [-0.3, -0.25) is 0 Å². The van der Waals surface area contributed by atoms with E-state index >= 15 is 0 Å². The van der Waals surface area contributed by atoms with Crippen LogP contribution in [-0.2, 0) is 0 Å². The maximum atomic E-state index is 5.55. The molecular formula is C9H10I2O. The number of hydrogen-bond acceptors (Lipinski definition) is 1. The summed E-state index contributed by atoms with van der Waals surface area (Å²) in [5, 5.41) is 0. The zero-order valence-corrected chi connectivity index (χ0v) is 10.9. The van der Waals surface area contributed by atoms with E-state index in [1.807, 2.05) is 30.3 Å². The molecule has 0 radical (unpaired) electrons. The maximum absolute atomic E-state index is 5.55. The Bertz CT molecular complexity index is 213. The number of para-hydroxylation sites is 1. The second-order valence-corrected chi connectivity index (χ2v) is 5.02. The van der Waals surface area contributed by atoms with E-state index in [4.69, 9.17) is 4.74 Å². The Kier molecular flexibility index (Phi) is 5.29. The summed E-state index contributed by atoms with van der Waals surface area (Å²) >= 11 is 4.77. The van der Waals surface area contributed by atoms with Crippen molar-refractivity contribution in [1.29, 1.82) is 0 Å². The molecule has 0 heterocycles. The first kappa shape index (κ1) is 10.6. The molecule has 3 heteroatoms. The van der Waals surface area contributed by atoms with Gasteiger partial charge < -0.3 is 4.74 Å². The minimum atomic E-state index is 0.600. The van der Waals surface area contributed by atoms with Crippen LogP contribution in [0.3, 0.4) is 0 Å². The molecule has 0 saturated heterocycles. The number of alkyl halides is 2. The molecule has 1 aromatic carbocycles. The van der Waals surface area contributed by atoms with Gasteiger partial charge in [0.1, 0.15) is 12.4 Å². The third kappa shape index (κ3) is 3.93. The van der Waals surface area contributed by atoms with E-state index in [1.165, 1.54) is 0 Å². The van der Waals surface area contributed by atoms with Crippen LogP contribution in [0, 0.1) is 0 Å². The number of ether oxygens (including phenoxy) is 1. The zero-order chi connectivity index (χ0) is 8.81. The Morgan fingerprint density at radius 3 is 2.50 bits per heavy atom. The van der Waals surface area contributed by atoms with Crippen molar-refractivity contribution >= 4 is 45.2 Å². The van der Waals surface area contributed by atoms with Gasteiger partial charge in [0.2, 0.25) is 0 Å². The first-order valence-corrected chi connectivity index (χ1v) is 6.48. The van der Waals surface area contributed by atoms with Crippen LogP contribution in [-0.4, -0.2) is 15.0 Å². The molecule has 1 atom stereocenters. The molecule has 0 saturated carbocycles. The minimum absolute atomic E-state index is 0.600. The standard InChI is InChI=1S/C9H10I2O/c10-6-8(11)7-12-9-4-2-1-3-5-9/h1-5,8H,6-7H2. The summed E-state index contributed by atoms with van der Waals surface area (Å²) in [6.45, 7) is 0.799. The van der Waals surface area contributed by atoms with Crippen molar-refractivity contribution in [3.05, 3.63) is 30.3 Å². The lowest BCUT2D eigenvalue weighted by Gasteiger charge is -2.08. The van der Waals surface area contributed by atoms with Crippen molar-refractivity contribution in [3.8, 4) is 5.75 Å². The third-order valence-corrected chi connectivity index (χ3v) is 4.89. The lowest BCUT2D eigenvalue weighted by Crippen LogP contribution is -2.11. The number of hydrogen-bond donors (Lipinski definition) is 0. The molecule has 0 aromatic heterocycles. The Hall–Kier alpha value is 0.480. The quantitative estimate of drug-likeness (QED) is 0.569. The SMILES string of the molecule is ICC(I)COc1ccccc1. The second-order valence-electron chi connectivity index (χ2n) is 2.38. The molecule has 12 heavy (non-hydrogen) atoms. The van der Waals surface area contributed by atoms with Crippen LogP contribution in [0.4, 0.5) is 0 Å². The van der Waals surface area contributed by atoms with Crippen molar-refractivity contribution in [1.82, 2.24) is 0 Å². The van der Waals surface area contributed by atoms with Crippen LogP contribution in [0.15, 0.2) is 30.3 Å². The van der Waals surface area contributed by atoms with Gasteiger partial charge in [0.25, 0.3) is 0 Å². The van der Waals surface area contributed by atoms with E-state index in [0.717, 1.165) is 16.8 Å². The summed E-state index contributed by atoms with van der Waals surface area (Å²) in [6.07, 6.45) is 0. The maximum Gasteiger partial charge on any atom is 0.119 e.